The molecule has 0 radical (unpaired) electrons. The van der Waals surface area contributed by atoms with E-state index in [1.165, 1.54) is 21.5 Å². The number of para-hydroxylation sites is 3. The molecule has 4 heterocycles. The Bertz CT molecular complexity index is 2750. The molecule has 10 aromatic rings. The van der Waals surface area contributed by atoms with E-state index >= 15 is 0 Å². The van der Waals surface area contributed by atoms with Crippen LogP contribution in [0.15, 0.2) is 136 Å². The average Bonchev–Trinajstić information content (AvgIpc) is 3.72. The minimum Gasteiger partial charge on any atom is -0.456 e. The zero-order valence-electron chi connectivity index (χ0n) is 22.8. The molecule has 0 saturated carbocycles. The van der Waals surface area contributed by atoms with Crippen LogP contribution in [0.2, 0.25) is 0 Å². The van der Waals surface area contributed by atoms with Gasteiger partial charge in [0, 0.05) is 32.5 Å². The van der Waals surface area contributed by atoms with Crippen LogP contribution in [0.1, 0.15) is 0 Å². The van der Waals surface area contributed by atoms with Crippen molar-refractivity contribution in [1.29, 1.82) is 0 Å². The maximum absolute atomic E-state index is 6.54. The number of benzene rings is 6. The zero-order chi connectivity index (χ0) is 28.1. The maximum atomic E-state index is 6.54. The fourth-order valence-electron chi connectivity index (χ4n) is 6.61. The fourth-order valence-corrected chi connectivity index (χ4v) is 6.61. The van der Waals surface area contributed by atoms with Gasteiger partial charge >= 0.3 is 0 Å². The first kappa shape index (κ1) is 22.7. The number of rotatable bonds is 2. The van der Waals surface area contributed by atoms with Gasteiger partial charge in [-0.3, -0.25) is 4.57 Å². The van der Waals surface area contributed by atoms with Crippen LogP contribution in [0.25, 0.3) is 93.8 Å². The molecular formula is C38H21N3O2. The first-order chi connectivity index (χ1) is 21.3. The molecule has 200 valence electrons. The van der Waals surface area contributed by atoms with Crippen molar-refractivity contribution in [2.75, 3.05) is 0 Å². The molecule has 43 heavy (non-hydrogen) atoms. The van der Waals surface area contributed by atoms with Crippen LogP contribution in [0.5, 0.6) is 0 Å². The molecule has 0 saturated heterocycles. The van der Waals surface area contributed by atoms with Crippen LogP contribution < -0.4 is 0 Å². The zero-order valence-corrected chi connectivity index (χ0v) is 22.8. The van der Waals surface area contributed by atoms with Crippen molar-refractivity contribution in [3.8, 4) is 17.2 Å². The van der Waals surface area contributed by atoms with Gasteiger partial charge in [0.15, 0.2) is 17.2 Å². The van der Waals surface area contributed by atoms with E-state index in [-0.39, 0.29) is 0 Å². The lowest BCUT2D eigenvalue weighted by Crippen LogP contribution is -2.01. The molecule has 0 atom stereocenters. The minimum absolute atomic E-state index is 0.632. The summed E-state index contributed by atoms with van der Waals surface area (Å²) in [5, 5.41) is 7.79. The van der Waals surface area contributed by atoms with Crippen LogP contribution in [-0.4, -0.2) is 14.5 Å². The van der Waals surface area contributed by atoms with Gasteiger partial charge in [0.1, 0.15) is 22.3 Å². The monoisotopic (exact) mass is 551 g/mol. The van der Waals surface area contributed by atoms with Gasteiger partial charge in [-0.05, 0) is 65.4 Å². The number of hydrogen-bond donors (Lipinski definition) is 0. The standard InChI is InChI=1S/C38H21N3O2/c1-2-10-23-21-31-28(19-22(23)9-1)25-11-3-6-14-30(25)41(31)38-36-35(27-13-5-8-16-33(27)43-36)39-37(40-38)24-17-18-34-29(20-24)26-12-4-7-15-32(26)42-34/h1-21H. The third-order valence-corrected chi connectivity index (χ3v) is 8.59. The highest BCUT2D eigenvalue weighted by Crippen LogP contribution is 2.39. The van der Waals surface area contributed by atoms with Gasteiger partial charge in [0.05, 0.1) is 11.0 Å². The number of fused-ring (bicyclic) bond motifs is 10. The topological polar surface area (TPSA) is 57.0 Å². The second-order valence-electron chi connectivity index (χ2n) is 11.0. The summed E-state index contributed by atoms with van der Waals surface area (Å²) in [4.78, 5) is 10.4. The first-order valence-corrected chi connectivity index (χ1v) is 14.3. The molecular weight excluding hydrogens is 530 g/mol. The highest BCUT2D eigenvalue weighted by Gasteiger charge is 2.22. The van der Waals surface area contributed by atoms with E-state index in [2.05, 4.69) is 83.4 Å². The maximum Gasteiger partial charge on any atom is 0.197 e. The third kappa shape index (κ3) is 3.16. The molecule has 4 aromatic heterocycles. The largest absolute Gasteiger partial charge is 0.456 e. The first-order valence-electron chi connectivity index (χ1n) is 14.3. The van der Waals surface area contributed by atoms with E-state index in [9.17, 15) is 0 Å². The highest BCUT2D eigenvalue weighted by molar-refractivity contribution is 6.15. The van der Waals surface area contributed by atoms with Gasteiger partial charge in [-0.25, -0.2) is 9.97 Å². The Balaban J connectivity index is 1.35. The SMILES string of the molecule is c1ccc2cc3c(cc2c1)c1ccccc1n3-c1nc(-c2ccc3oc4ccccc4c3c2)nc2c1oc1ccccc12. The lowest BCUT2D eigenvalue weighted by Gasteiger charge is -2.10. The minimum atomic E-state index is 0.632. The Kier molecular flexibility index (Phi) is 4.39. The lowest BCUT2D eigenvalue weighted by molar-refractivity contribution is 0.662. The molecule has 5 nitrogen and oxygen atoms in total. The normalized spacial score (nSPS) is 12.2. The molecule has 0 bridgehead atoms. The molecule has 10 rings (SSSR count). The van der Waals surface area contributed by atoms with Crippen molar-refractivity contribution in [2.45, 2.75) is 0 Å². The summed E-state index contributed by atoms with van der Waals surface area (Å²) in [6.45, 7) is 0. The second-order valence-corrected chi connectivity index (χ2v) is 11.0. The smallest absolute Gasteiger partial charge is 0.197 e. The summed E-state index contributed by atoms with van der Waals surface area (Å²) in [7, 11) is 0. The van der Waals surface area contributed by atoms with E-state index in [1.807, 2.05) is 48.5 Å². The number of hydrogen-bond acceptors (Lipinski definition) is 4. The Labute approximate surface area is 244 Å². The van der Waals surface area contributed by atoms with Gasteiger partial charge in [0.2, 0.25) is 0 Å². The quantitative estimate of drug-likeness (QED) is 0.214. The predicted molar refractivity (Wildman–Crippen MR) is 174 cm³/mol. The van der Waals surface area contributed by atoms with Gasteiger partial charge in [-0.15, -0.1) is 0 Å². The summed E-state index contributed by atoms with van der Waals surface area (Å²) < 4.78 is 14.9. The molecule has 5 heteroatoms. The van der Waals surface area contributed by atoms with Crippen molar-refractivity contribution in [1.82, 2.24) is 14.5 Å². The summed E-state index contributed by atoms with van der Waals surface area (Å²) >= 11 is 0. The Morgan fingerprint density at radius 2 is 1.14 bits per heavy atom. The van der Waals surface area contributed by atoms with E-state index in [0.29, 0.717) is 11.4 Å². The van der Waals surface area contributed by atoms with Crippen molar-refractivity contribution in [2.24, 2.45) is 0 Å². The van der Waals surface area contributed by atoms with Crippen LogP contribution >= 0.6 is 0 Å². The van der Waals surface area contributed by atoms with Crippen LogP contribution in [-0.2, 0) is 0 Å². The summed E-state index contributed by atoms with van der Waals surface area (Å²) in [6.07, 6.45) is 0. The highest BCUT2D eigenvalue weighted by atomic mass is 16.3. The molecule has 0 aliphatic heterocycles. The summed E-state index contributed by atoms with van der Waals surface area (Å²) in [5.41, 5.74) is 7.00. The van der Waals surface area contributed by atoms with Gasteiger partial charge in [-0.1, -0.05) is 72.8 Å². The number of furan rings is 2. The Morgan fingerprint density at radius 1 is 0.465 bits per heavy atom. The van der Waals surface area contributed by atoms with Crippen molar-refractivity contribution in [3.05, 3.63) is 127 Å². The van der Waals surface area contributed by atoms with Crippen molar-refractivity contribution >= 4 is 76.6 Å². The van der Waals surface area contributed by atoms with Gasteiger partial charge in [0.25, 0.3) is 0 Å². The molecule has 0 spiro atoms. The van der Waals surface area contributed by atoms with Crippen molar-refractivity contribution in [3.63, 3.8) is 0 Å². The number of nitrogens with zero attached hydrogens (tertiary/aromatic N) is 3. The Hall–Kier alpha value is -5.94. The van der Waals surface area contributed by atoms with E-state index < -0.39 is 0 Å². The predicted octanol–water partition coefficient (Wildman–Crippen LogP) is 10.2. The molecule has 0 amide bonds. The average molecular weight is 552 g/mol. The lowest BCUT2D eigenvalue weighted by atomic mass is 10.1. The molecule has 0 aliphatic rings. The van der Waals surface area contributed by atoms with E-state index in [1.54, 1.807) is 0 Å². The molecule has 0 N–H and O–H groups in total. The van der Waals surface area contributed by atoms with Crippen LogP contribution in [0.4, 0.5) is 0 Å². The van der Waals surface area contributed by atoms with E-state index in [4.69, 9.17) is 18.8 Å². The van der Waals surface area contributed by atoms with Crippen LogP contribution in [0.3, 0.4) is 0 Å². The Morgan fingerprint density at radius 3 is 2.00 bits per heavy atom. The van der Waals surface area contributed by atoms with Gasteiger partial charge < -0.3 is 8.83 Å². The van der Waals surface area contributed by atoms with Gasteiger partial charge in [-0.2, -0.15) is 0 Å². The van der Waals surface area contributed by atoms with Crippen LogP contribution in [0, 0.1) is 0 Å². The fraction of sp³-hybridized carbons (Fsp3) is 0. The van der Waals surface area contributed by atoms with E-state index in [0.717, 1.165) is 60.8 Å². The molecule has 0 aliphatic carbocycles. The summed E-state index contributed by atoms with van der Waals surface area (Å²) in [5.74, 6) is 1.35. The second kappa shape index (κ2) is 8.30. The third-order valence-electron chi connectivity index (χ3n) is 8.59. The molecule has 0 fully saturated rings. The molecule has 6 aromatic carbocycles. The summed E-state index contributed by atoms with van der Waals surface area (Å²) in [6, 6.07) is 43.9. The number of aromatic nitrogens is 3. The van der Waals surface area contributed by atoms with Crippen molar-refractivity contribution < 1.29 is 8.83 Å². The molecule has 0 unspecified atom stereocenters.